The van der Waals surface area contributed by atoms with Crippen molar-refractivity contribution in [3.63, 3.8) is 0 Å². The van der Waals surface area contributed by atoms with Crippen LogP contribution in [0.5, 0.6) is 5.75 Å². The molecule has 12 heteroatoms. The number of hydrogen-bond donors (Lipinski definition) is 1. The molecule has 0 unspecified atom stereocenters. The van der Waals surface area contributed by atoms with Crippen LogP contribution >= 0.6 is 0 Å². The molecule has 2 aromatic rings. The van der Waals surface area contributed by atoms with E-state index in [1.165, 1.54) is 18.8 Å². The Hall–Kier alpha value is -2.13. The first-order valence-corrected chi connectivity index (χ1v) is 8.44. The fraction of sp³-hybridized carbons (Fsp3) is 0.300. The number of rotatable bonds is 9. The molecular formula is C20H21F3N2O6U. The molecule has 0 bridgehead atoms. The molecule has 0 radical (unpaired) electrons. The van der Waals surface area contributed by atoms with Gasteiger partial charge in [-0.1, -0.05) is 0 Å². The van der Waals surface area contributed by atoms with Crippen molar-refractivity contribution in [2.75, 3.05) is 21.3 Å². The van der Waals surface area contributed by atoms with Gasteiger partial charge in [-0.15, -0.1) is 0 Å². The molecule has 0 saturated carbocycles. The van der Waals surface area contributed by atoms with Crippen molar-refractivity contribution < 1.29 is 68.1 Å². The van der Waals surface area contributed by atoms with E-state index in [9.17, 15) is 27.6 Å². The number of carbonyl (C=O) groups excluding carboxylic acids is 2. The van der Waals surface area contributed by atoms with E-state index >= 15 is 0 Å². The van der Waals surface area contributed by atoms with Gasteiger partial charge in [0.1, 0.15) is 17.5 Å². The number of nitrogens with zero attached hydrogens (tertiary/aromatic N) is 1. The van der Waals surface area contributed by atoms with Crippen LogP contribution in [0.15, 0.2) is 23.1 Å². The van der Waals surface area contributed by atoms with Crippen LogP contribution < -0.4 is 15.5 Å². The van der Waals surface area contributed by atoms with Gasteiger partial charge in [0.2, 0.25) is 0 Å². The fourth-order valence-electron chi connectivity index (χ4n) is 2.65. The normalized spacial score (nSPS) is 10.2. The van der Waals surface area contributed by atoms with Crippen LogP contribution in [0.4, 0.5) is 13.2 Å². The molecule has 8 nitrogen and oxygen atoms in total. The van der Waals surface area contributed by atoms with Gasteiger partial charge in [0, 0.05) is 56.7 Å². The largest absolute Gasteiger partial charge is 2.00 e. The quantitative estimate of drug-likeness (QED) is 0.321. The maximum Gasteiger partial charge on any atom is 2.00 e. The summed E-state index contributed by atoms with van der Waals surface area (Å²) < 4.78 is 56.7. The smallest absolute Gasteiger partial charge is 0.575 e. The number of halogens is 3. The molecule has 2 rings (SSSR count). The molecule has 1 aromatic heterocycles. The van der Waals surface area contributed by atoms with Crippen molar-refractivity contribution in [1.82, 2.24) is 9.88 Å². The molecule has 1 amide bonds. The van der Waals surface area contributed by atoms with Crippen LogP contribution in [0.3, 0.4) is 0 Å². The number of ether oxygens (including phenoxy) is 3. The molecule has 0 atom stereocenters. The van der Waals surface area contributed by atoms with Crippen LogP contribution in [0, 0.1) is 56.0 Å². The zero-order chi connectivity index (χ0) is 22.4. The van der Waals surface area contributed by atoms with Crippen molar-refractivity contribution in [3.05, 3.63) is 70.3 Å². The SMILES string of the molecule is COc1c([C-]=O)n(CC(OC)OC)cc(C(=O)NCc2c(F)cc(F)cc2F)c1=O.[CH3-].[U+2]. The first-order valence-electron chi connectivity index (χ1n) is 8.44. The van der Waals surface area contributed by atoms with Gasteiger partial charge in [-0.2, -0.15) is 0 Å². The van der Waals surface area contributed by atoms with Gasteiger partial charge in [0.05, 0.1) is 19.2 Å². The monoisotopic (exact) mass is 680 g/mol. The topological polar surface area (TPSA) is 95.9 Å². The molecule has 1 heterocycles. The third-order valence-corrected chi connectivity index (χ3v) is 4.19. The summed E-state index contributed by atoms with van der Waals surface area (Å²) in [6.45, 7) is -0.755. The summed E-state index contributed by atoms with van der Waals surface area (Å²) in [6.07, 6.45) is 1.78. The van der Waals surface area contributed by atoms with Crippen molar-refractivity contribution in [1.29, 1.82) is 0 Å². The zero-order valence-corrected chi connectivity index (χ0v) is 21.9. The van der Waals surface area contributed by atoms with E-state index in [1.54, 1.807) is 6.29 Å². The van der Waals surface area contributed by atoms with Crippen LogP contribution in [-0.4, -0.2) is 44.4 Å². The average Bonchev–Trinajstić information content (AvgIpc) is 2.71. The molecule has 0 fully saturated rings. The van der Waals surface area contributed by atoms with E-state index in [0.717, 1.165) is 13.3 Å². The molecule has 32 heavy (non-hydrogen) atoms. The summed E-state index contributed by atoms with van der Waals surface area (Å²) >= 11 is 0. The summed E-state index contributed by atoms with van der Waals surface area (Å²) in [5.74, 6) is -4.96. The maximum atomic E-state index is 13.8. The third-order valence-electron chi connectivity index (χ3n) is 4.19. The second kappa shape index (κ2) is 13.4. The molecule has 172 valence electrons. The summed E-state index contributed by atoms with van der Waals surface area (Å²) in [6, 6.07) is 0.926. The Morgan fingerprint density at radius 2 is 1.72 bits per heavy atom. The van der Waals surface area contributed by atoms with Crippen molar-refractivity contribution in [2.24, 2.45) is 0 Å². The van der Waals surface area contributed by atoms with Gasteiger partial charge in [-0.25, -0.2) is 13.2 Å². The predicted molar refractivity (Wildman–Crippen MR) is 104 cm³/mol. The Labute approximate surface area is 206 Å². The van der Waals surface area contributed by atoms with E-state index in [2.05, 4.69) is 5.32 Å². The number of carbonyl (C=O) groups is 1. The molecule has 0 spiro atoms. The standard InChI is InChI=1S/C19H18F3N2O6.CH3.U/c1-28-16(29-2)8-24-7-12(17(26)18(30-3)15(24)9-25)19(27)23-6-11-13(21)4-10(20)5-14(11)22;;/h4-5,7,16H,6,8H2,1-3H3,(H,23,27);1H3;/q2*-1;+2. The Balaban J connectivity index is 0.00000480. The summed E-state index contributed by atoms with van der Waals surface area (Å²) in [7, 11) is 3.81. The van der Waals surface area contributed by atoms with Crippen molar-refractivity contribution >= 4 is 12.2 Å². The summed E-state index contributed by atoms with van der Waals surface area (Å²) in [5, 5.41) is 2.18. The number of hydrogen-bond acceptors (Lipinski definition) is 6. The predicted octanol–water partition coefficient (Wildman–Crippen LogP) is 1.73. The van der Waals surface area contributed by atoms with E-state index in [-0.39, 0.29) is 50.8 Å². The van der Waals surface area contributed by atoms with Crippen LogP contribution in [0.1, 0.15) is 21.6 Å². The van der Waals surface area contributed by atoms with Gasteiger partial charge >= 0.3 is 31.1 Å². The zero-order valence-electron chi connectivity index (χ0n) is 17.8. The summed E-state index contributed by atoms with van der Waals surface area (Å²) in [5.41, 5.74) is -2.28. The second-order valence-electron chi connectivity index (χ2n) is 5.94. The van der Waals surface area contributed by atoms with Crippen LogP contribution in [0.25, 0.3) is 0 Å². The number of aromatic nitrogens is 1. The van der Waals surface area contributed by atoms with Gasteiger partial charge in [-0.05, 0) is 5.69 Å². The van der Waals surface area contributed by atoms with Crippen molar-refractivity contribution in [3.8, 4) is 5.75 Å². The van der Waals surface area contributed by atoms with Crippen LogP contribution in [0.2, 0.25) is 0 Å². The Kier molecular flexibility index (Phi) is 12.5. The molecule has 1 N–H and O–H groups in total. The average molecular weight is 680 g/mol. The molecule has 0 saturated heterocycles. The Morgan fingerprint density at radius 1 is 1.16 bits per heavy atom. The maximum absolute atomic E-state index is 13.8. The minimum atomic E-state index is -1.20. The minimum Gasteiger partial charge on any atom is -0.575 e. The van der Waals surface area contributed by atoms with Gasteiger partial charge < -0.3 is 41.1 Å². The van der Waals surface area contributed by atoms with E-state index in [0.29, 0.717) is 12.1 Å². The second-order valence-corrected chi connectivity index (χ2v) is 5.94. The van der Waals surface area contributed by atoms with Gasteiger partial charge in [0.15, 0.2) is 11.7 Å². The van der Waals surface area contributed by atoms with E-state index < -0.39 is 58.5 Å². The van der Waals surface area contributed by atoms with E-state index in [4.69, 9.17) is 14.2 Å². The fourth-order valence-corrected chi connectivity index (χ4v) is 2.65. The van der Waals surface area contributed by atoms with E-state index in [1.807, 2.05) is 0 Å². The third kappa shape index (κ3) is 6.68. The van der Waals surface area contributed by atoms with Crippen molar-refractivity contribution in [2.45, 2.75) is 19.4 Å². The van der Waals surface area contributed by atoms with Crippen LogP contribution in [-0.2, 0) is 27.4 Å². The number of pyridine rings is 1. The number of nitrogens with one attached hydrogen (secondary N) is 1. The summed E-state index contributed by atoms with van der Waals surface area (Å²) in [4.78, 5) is 36.4. The molecule has 0 aliphatic heterocycles. The van der Waals surface area contributed by atoms with Gasteiger partial charge in [-0.3, -0.25) is 4.79 Å². The first kappa shape index (κ1) is 29.9. The first-order chi connectivity index (χ1) is 14.3. The number of amides is 1. The Morgan fingerprint density at radius 3 is 2.19 bits per heavy atom. The molecule has 0 aliphatic rings. The number of methoxy groups -OCH3 is 3. The minimum absolute atomic E-state index is 0. The molecule has 0 aliphatic carbocycles. The molecular weight excluding hydrogens is 659 g/mol. The van der Waals surface area contributed by atoms with Gasteiger partial charge in [0.25, 0.3) is 5.91 Å². The number of benzene rings is 1. The molecule has 1 aromatic carbocycles. The Bertz CT molecular complexity index is 989.